The smallest absolute Gasteiger partial charge is 0.392 e. The lowest BCUT2D eigenvalue weighted by molar-refractivity contribution is -0.0436. The lowest BCUT2D eigenvalue weighted by Gasteiger charge is -2.15. The summed E-state index contributed by atoms with van der Waals surface area (Å²) < 4.78 is 73.6. The standard InChI is InChI=1S/C12H12F4O3S/c13-9-4-3-8(5-10(17)7-1-2-7)11(6-9)20(18,19)12(14,15)16/h3-4,6-7,10,17H,1-2,5H2. The summed E-state index contributed by atoms with van der Waals surface area (Å²) >= 11 is 0. The zero-order chi connectivity index (χ0) is 15.1. The predicted molar refractivity (Wildman–Crippen MR) is 62.1 cm³/mol. The maximum Gasteiger partial charge on any atom is 0.501 e. The number of hydrogen-bond acceptors (Lipinski definition) is 3. The Labute approximate surface area is 113 Å². The maximum atomic E-state index is 13.1. The zero-order valence-electron chi connectivity index (χ0n) is 10.2. The Morgan fingerprint density at radius 2 is 1.90 bits per heavy atom. The van der Waals surface area contributed by atoms with Gasteiger partial charge in [-0.3, -0.25) is 0 Å². The molecule has 2 rings (SSSR count). The van der Waals surface area contributed by atoms with Crippen LogP contribution in [0.15, 0.2) is 23.1 Å². The zero-order valence-corrected chi connectivity index (χ0v) is 11.0. The minimum absolute atomic E-state index is 0.0264. The molecule has 1 saturated carbocycles. The highest BCUT2D eigenvalue weighted by Crippen LogP contribution is 2.37. The third-order valence-electron chi connectivity index (χ3n) is 3.22. The summed E-state index contributed by atoms with van der Waals surface area (Å²) in [4.78, 5) is -1.12. The summed E-state index contributed by atoms with van der Waals surface area (Å²) in [6, 6.07) is 2.20. The third kappa shape index (κ3) is 2.95. The number of benzene rings is 1. The molecule has 1 fully saturated rings. The Morgan fingerprint density at radius 1 is 1.30 bits per heavy atom. The van der Waals surface area contributed by atoms with Gasteiger partial charge in [-0.15, -0.1) is 0 Å². The van der Waals surface area contributed by atoms with Gasteiger partial charge in [0.1, 0.15) is 5.82 Å². The summed E-state index contributed by atoms with van der Waals surface area (Å²) in [5.74, 6) is -1.10. The van der Waals surface area contributed by atoms with Crippen molar-refractivity contribution in [2.75, 3.05) is 0 Å². The van der Waals surface area contributed by atoms with Gasteiger partial charge in [-0.25, -0.2) is 12.8 Å². The minimum Gasteiger partial charge on any atom is -0.392 e. The van der Waals surface area contributed by atoms with Crippen LogP contribution < -0.4 is 0 Å². The molecule has 1 aliphatic rings. The van der Waals surface area contributed by atoms with Gasteiger partial charge in [0.05, 0.1) is 11.0 Å². The van der Waals surface area contributed by atoms with E-state index in [1.807, 2.05) is 0 Å². The van der Waals surface area contributed by atoms with Crippen LogP contribution in [0.2, 0.25) is 0 Å². The Morgan fingerprint density at radius 3 is 2.40 bits per heavy atom. The quantitative estimate of drug-likeness (QED) is 0.869. The van der Waals surface area contributed by atoms with E-state index in [1.54, 1.807) is 0 Å². The molecular formula is C12H12F4O3S. The second kappa shape index (κ2) is 5.00. The Bertz CT molecular complexity index is 606. The number of aliphatic hydroxyl groups excluding tert-OH is 1. The summed E-state index contributed by atoms with van der Waals surface area (Å²) in [5.41, 5.74) is -5.72. The summed E-state index contributed by atoms with van der Waals surface area (Å²) in [7, 11) is -5.63. The van der Waals surface area contributed by atoms with E-state index in [0.29, 0.717) is 6.07 Å². The van der Waals surface area contributed by atoms with Crippen LogP contribution in [0, 0.1) is 11.7 Å². The topological polar surface area (TPSA) is 54.4 Å². The molecular weight excluding hydrogens is 300 g/mol. The number of aliphatic hydroxyl groups is 1. The first kappa shape index (κ1) is 15.2. The van der Waals surface area contributed by atoms with Crippen molar-refractivity contribution < 1.29 is 31.1 Å². The lowest BCUT2D eigenvalue weighted by atomic mass is 10.0. The van der Waals surface area contributed by atoms with Crippen LogP contribution in [0.3, 0.4) is 0 Å². The van der Waals surface area contributed by atoms with Crippen molar-refractivity contribution in [2.24, 2.45) is 5.92 Å². The number of rotatable bonds is 4. The summed E-state index contributed by atoms with van der Waals surface area (Å²) in [6.07, 6.45) is 0.353. The molecule has 3 nitrogen and oxygen atoms in total. The normalized spacial score (nSPS) is 18.1. The molecule has 1 N–H and O–H groups in total. The first-order valence-electron chi connectivity index (χ1n) is 5.91. The summed E-state index contributed by atoms with van der Waals surface area (Å²) in [5, 5.41) is 9.73. The molecule has 112 valence electrons. The molecule has 0 heterocycles. The van der Waals surface area contributed by atoms with Crippen LogP contribution in [0.4, 0.5) is 17.6 Å². The average Bonchev–Trinajstić information content (AvgIpc) is 3.13. The molecule has 0 spiro atoms. The first-order chi connectivity index (χ1) is 9.13. The fourth-order valence-corrected chi connectivity index (χ4v) is 2.96. The molecule has 1 atom stereocenters. The van der Waals surface area contributed by atoms with E-state index >= 15 is 0 Å². The number of alkyl halides is 3. The molecule has 0 radical (unpaired) electrons. The fourth-order valence-electron chi connectivity index (χ4n) is 1.94. The molecule has 1 unspecified atom stereocenters. The molecule has 1 aromatic carbocycles. The number of halogens is 4. The van der Waals surface area contributed by atoms with Crippen molar-refractivity contribution in [1.29, 1.82) is 0 Å². The molecule has 8 heteroatoms. The van der Waals surface area contributed by atoms with Gasteiger partial charge in [0.25, 0.3) is 9.84 Å². The molecule has 0 aliphatic heterocycles. The van der Waals surface area contributed by atoms with Gasteiger partial charge in [-0.05, 0) is 42.9 Å². The summed E-state index contributed by atoms with van der Waals surface area (Å²) in [6.45, 7) is 0. The van der Waals surface area contributed by atoms with Gasteiger partial charge in [-0.2, -0.15) is 13.2 Å². The van der Waals surface area contributed by atoms with E-state index in [2.05, 4.69) is 0 Å². The maximum absolute atomic E-state index is 13.1. The van der Waals surface area contributed by atoms with Crippen LogP contribution in [0.1, 0.15) is 18.4 Å². The van der Waals surface area contributed by atoms with E-state index in [4.69, 9.17) is 0 Å². The van der Waals surface area contributed by atoms with Crippen molar-refractivity contribution in [3.05, 3.63) is 29.6 Å². The molecule has 0 amide bonds. The van der Waals surface area contributed by atoms with Gasteiger partial charge in [-0.1, -0.05) is 6.07 Å². The largest absolute Gasteiger partial charge is 0.501 e. The lowest BCUT2D eigenvalue weighted by Crippen LogP contribution is -2.25. The van der Waals surface area contributed by atoms with Crippen LogP contribution in [0.5, 0.6) is 0 Å². The van der Waals surface area contributed by atoms with Crippen LogP contribution in [-0.2, 0) is 16.3 Å². The van der Waals surface area contributed by atoms with Gasteiger partial charge < -0.3 is 5.11 Å². The Hall–Kier alpha value is -1.15. The molecule has 1 aliphatic carbocycles. The van der Waals surface area contributed by atoms with Crippen LogP contribution >= 0.6 is 0 Å². The second-order valence-electron chi connectivity index (χ2n) is 4.81. The SMILES string of the molecule is O=S(=O)(c1cc(F)ccc1CC(O)C1CC1)C(F)(F)F. The average molecular weight is 312 g/mol. The molecule has 0 saturated heterocycles. The van der Waals surface area contributed by atoms with E-state index in [0.717, 1.165) is 25.0 Å². The van der Waals surface area contributed by atoms with Gasteiger partial charge in [0.15, 0.2) is 0 Å². The molecule has 20 heavy (non-hydrogen) atoms. The fraction of sp³-hybridized carbons (Fsp3) is 0.500. The number of hydrogen-bond donors (Lipinski definition) is 1. The predicted octanol–water partition coefficient (Wildman–Crippen LogP) is 2.43. The number of sulfone groups is 1. The van der Waals surface area contributed by atoms with Gasteiger partial charge in [0.2, 0.25) is 0 Å². The third-order valence-corrected chi connectivity index (χ3v) is 4.79. The molecule has 1 aromatic rings. The first-order valence-corrected chi connectivity index (χ1v) is 7.39. The highest BCUT2D eigenvalue weighted by atomic mass is 32.2. The van der Waals surface area contributed by atoms with Crippen molar-refractivity contribution in [3.8, 4) is 0 Å². The molecule has 0 bridgehead atoms. The minimum atomic E-state index is -5.63. The van der Waals surface area contributed by atoms with Crippen molar-refractivity contribution in [1.82, 2.24) is 0 Å². The van der Waals surface area contributed by atoms with E-state index < -0.39 is 32.2 Å². The van der Waals surface area contributed by atoms with E-state index in [-0.39, 0.29) is 17.9 Å². The highest BCUT2D eigenvalue weighted by molar-refractivity contribution is 7.92. The highest BCUT2D eigenvalue weighted by Gasteiger charge is 2.48. The Balaban J connectivity index is 2.43. The van der Waals surface area contributed by atoms with Crippen molar-refractivity contribution in [2.45, 2.75) is 35.8 Å². The van der Waals surface area contributed by atoms with Crippen LogP contribution in [0.25, 0.3) is 0 Å². The Kier molecular flexibility index (Phi) is 3.81. The van der Waals surface area contributed by atoms with Gasteiger partial charge in [0, 0.05) is 0 Å². The van der Waals surface area contributed by atoms with Crippen molar-refractivity contribution in [3.63, 3.8) is 0 Å². The van der Waals surface area contributed by atoms with Crippen molar-refractivity contribution >= 4 is 9.84 Å². The van der Waals surface area contributed by atoms with Gasteiger partial charge >= 0.3 is 5.51 Å². The van der Waals surface area contributed by atoms with E-state index in [9.17, 15) is 31.1 Å². The van der Waals surface area contributed by atoms with Crippen LogP contribution in [-0.4, -0.2) is 25.1 Å². The van der Waals surface area contributed by atoms with E-state index in [1.165, 1.54) is 0 Å². The second-order valence-corrected chi connectivity index (χ2v) is 6.72. The molecule has 0 aromatic heterocycles. The monoisotopic (exact) mass is 312 g/mol.